The fraction of sp³-hybridized carbons (Fsp3) is 0. The predicted octanol–water partition coefficient (Wildman–Crippen LogP) is 4.25. The van der Waals surface area contributed by atoms with Gasteiger partial charge in [-0.25, -0.2) is 9.97 Å². The van der Waals surface area contributed by atoms with E-state index in [1.807, 2.05) is 12.1 Å². The van der Waals surface area contributed by atoms with Crippen molar-refractivity contribution in [3.05, 3.63) is 59.1 Å². The van der Waals surface area contributed by atoms with Gasteiger partial charge in [-0.15, -0.1) is 0 Å². The highest BCUT2D eigenvalue weighted by Gasteiger charge is 2.09. The standard InChI is InChI=1S/C15H12Cl2N6/c16-9-5-10(17)7-12(6-9)23-15-13(18)14(20-8-21-15)22-11-1-3-19-4-2-11/h1-8H,18H2,(H2,19,20,21,22,23). The van der Waals surface area contributed by atoms with Crippen LogP contribution in [0, 0.1) is 0 Å². The lowest BCUT2D eigenvalue weighted by Gasteiger charge is -2.12. The summed E-state index contributed by atoms with van der Waals surface area (Å²) in [6.07, 6.45) is 4.76. The van der Waals surface area contributed by atoms with Crippen LogP contribution in [0.2, 0.25) is 10.0 Å². The molecule has 2 aromatic heterocycles. The average molecular weight is 347 g/mol. The van der Waals surface area contributed by atoms with E-state index in [0.29, 0.717) is 33.1 Å². The van der Waals surface area contributed by atoms with Crippen molar-refractivity contribution in [2.75, 3.05) is 16.4 Å². The van der Waals surface area contributed by atoms with Crippen molar-refractivity contribution in [3.63, 3.8) is 0 Å². The van der Waals surface area contributed by atoms with Crippen LogP contribution in [0.3, 0.4) is 0 Å². The van der Waals surface area contributed by atoms with Crippen LogP contribution in [0.25, 0.3) is 0 Å². The van der Waals surface area contributed by atoms with Crippen molar-refractivity contribution in [3.8, 4) is 0 Å². The molecule has 0 atom stereocenters. The zero-order valence-electron chi connectivity index (χ0n) is 11.8. The monoisotopic (exact) mass is 346 g/mol. The van der Waals surface area contributed by atoms with Crippen molar-refractivity contribution in [1.29, 1.82) is 0 Å². The number of nitrogens with two attached hydrogens (primary N) is 1. The van der Waals surface area contributed by atoms with Crippen molar-refractivity contribution in [2.45, 2.75) is 0 Å². The normalized spacial score (nSPS) is 10.3. The lowest BCUT2D eigenvalue weighted by atomic mass is 10.3. The van der Waals surface area contributed by atoms with Gasteiger partial charge in [-0.3, -0.25) is 4.98 Å². The summed E-state index contributed by atoms with van der Waals surface area (Å²) in [7, 11) is 0. The summed E-state index contributed by atoms with van der Waals surface area (Å²) < 4.78 is 0. The van der Waals surface area contributed by atoms with Gasteiger partial charge in [0.2, 0.25) is 0 Å². The number of nitrogens with one attached hydrogen (secondary N) is 2. The molecular formula is C15H12Cl2N6. The highest BCUT2D eigenvalue weighted by atomic mass is 35.5. The maximum atomic E-state index is 6.12. The minimum atomic E-state index is 0.375. The minimum Gasteiger partial charge on any atom is -0.393 e. The molecule has 0 spiro atoms. The first kappa shape index (κ1) is 15.3. The molecule has 8 heteroatoms. The summed E-state index contributed by atoms with van der Waals surface area (Å²) in [5.41, 5.74) is 8.00. The van der Waals surface area contributed by atoms with E-state index in [2.05, 4.69) is 25.6 Å². The van der Waals surface area contributed by atoms with E-state index < -0.39 is 0 Å². The summed E-state index contributed by atoms with van der Waals surface area (Å²) in [5.74, 6) is 0.941. The number of anilines is 5. The number of nitrogen functional groups attached to an aromatic ring is 1. The van der Waals surface area contributed by atoms with Crippen LogP contribution in [0.15, 0.2) is 49.1 Å². The number of halogens is 2. The maximum absolute atomic E-state index is 6.12. The van der Waals surface area contributed by atoms with Crippen LogP contribution in [-0.4, -0.2) is 15.0 Å². The van der Waals surface area contributed by atoms with E-state index in [4.69, 9.17) is 28.9 Å². The summed E-state index contributed by atoms with van der Waals surface area (Å²) in [6, 6.07) is 8.72. The van der Waals surface area contributed by atoms with Crippen molar-refractivity contribution >= 4 is 51.9 Å². The Balaban J connectivity index is 1.87. The molecule has 0 aliphatic carbocycles. The molecule has 0 fully saturated rings. The lowest BCUT2D eigenvalue weighted by molar-refractivity contribution is 1.17. The molecule has 0 unspecified atom stereocenters. The van der Waals surface area contributed by atoms with E-state index in [1.54, 1.807) is 30.6 Å². The number of hydrogen-bond donors (Lipinski definition) is 3. The van der Waals surface area contributed by atoms with Crippen LogP contribution in [0.4, 0.5) is 28.7 Å². The second-order valence-electron chi connectivity index (χ2n) is 4.63. The van der Waals surface area contributed by atoms with Gasteiger partial charge in [0.05, 0.1) is 0 Å². The first-order valence-corrected chi connectivity index (χ1v) is 7.38. The Morgan fingerprint density at radius 2 is 1.39 bits per heavy atom. The second-order valence-corrected chi connectivity index (χ2v) is 5.50. The maximum Gasteiger partial charge on any atom is 0.159 e. The van der Waals surface area contributed by atoms with Crippen LogP contribution in [0.5, 0.6) is 0 Å². The molecule has 23 heavy (non-hydrogen) atoms. The smallest absolute Gasteiger partial charge is 0.159 e. The first-order valence-electron chi connectivity index (χ1n) is 6.62. The molecule has 116 valence electrons. The molecule has 2 heterocycles. The number of aromatic nitrogens is 3. The molecule has 3 aromatic rings. The summed E-state index contributed by atoms with van der Waals surface area (Å²) in [4.78, 5) is 12.3. The fourth-order valence-electron chi connectivity index (χ4n) is 1.93. The van der Waals surface area contributed by atoms with Crippen LogP contribution < -0.4 is 16.4 Å². The summed E-state index contributed by atoms with van der Waals surface area (Å²) in [6.45, 7) is 0. The molecule has 0 aliphatic heterocycles. The SMILES string of the molecule is Nc1c(Nc2ccncc2)ncnc1Nc1cc(Cl)cc(Cl)c1. The third-order valence-electron chi connectivity index (χ3n) is 2.95. The van der Waals surface area contributed by atoms with Gasteiger partial charge < -0.3 is 16.4 Å². The Morgan fingerprint density at radius 1 is 0.826 bits per heavy atom. The van der Waals surface area contributed by atoms with Crippen LogP contribution in [-0.2, 0) is 0 Å². The molecule has 0 radical (unpaired) electrons. The van der Waals surface area contributed by atoms with Gasteiger partial charge in [0.15, 0.2) is 11.6 Å². The van der Waals surface area contributed by atoms with Crippen molar-refractivity contribution in [1.82, 2.24) is 15.0 Å². The van der Waals surface area contributed by atoms with Crippen LogP contribution >= 0.6 is 23.2 Å². The number of nitrogens with zero attached hydrogens (tertiary/aromatic N) is 3. The highest BCUT2D eigenvalue weighted by molar-refractivity contribution is 6.35. The fourth-order valence-corrected chi connectivity index (χ4v) is 2.46. The minimum absolute atomic E-state index is 0.375. The predicted molar refractivity (Wildman–Crippen MR) is 93.7 cm³/mol. The lowest BCUT2D eigenvalue weighted by Crippen LogP contribution is -2.05. The molecule has 3 rings (SSSR count). The van der Waals surface area contributed by atoms with E-state index in [9.17, 15) is 0 Å². The summed E-state index contributed by atoms with van der Waals surface area (Å²) in [5, 5.41) is 7.23. The van der Waals surface area contributed by atoms with Gasteiger partial charge >= 0.3 is 0 Å². The Morgan fingerprint density at radius 3 is 2.00 bits per heavy atom. The largest absolute Gasteiger partial charge is 0.393 e. The molecule has 0 amide bonds. The molecule has 0 saturated heterocycles. The van der Waals surface area contributed by atoms with E-state index >= 15 is 0 Å². The molecule has 0 bridgehead atoms. The molecule has 4 N–H and O–H groups in total. The van der Waals surface area contributed by atoms with Gasteiger partial charge in [0.25, 0.3) is 0 Å². The van der Waals surface area contributed by atoms with Crippen LogP contribution in [0.1, 0.15) is 0 Å². The van der Waals surface area contributed by atoms with Gasteiger partial charge in [-0.1, -0.05) is 23.2 Å². The third kappa shape index (κ3) is 3.80. The number of benzene rings is 1. The molecule has 0 saturated carbocycles. The quantitative estimate of drug-likeness (QED) is 0.654. The first-order chi connectivity index (χ1) is 11.1. The third-order valence-corrected chi connectivity index (χ3v) is 3.39. The molecular weight excluding hydrogens is 335 g/mol. The van der Waals surface area contributed by atoms with Gasteiger partial charge in [0, 0.05) is 33.8 Å². The van der Waals surface area contributed by atoms with E-state index in [0.717, 1.165) is 5.69 Å². The zero-order valence-corrected chi connectivity index (χ0v) is 13.3. The van der Waals surface area contributed by atoms with Gasteiger partial charge in [-0.05, 0) is 30.3 Å². The van der Waals surface area contributed by atoms with Gasteiger partial charge in [0.1, 0.15) is 12.0 Å². The Hall–Kier alpha value is -2.57. The topological polar surface area (TPSA) is 88.8 Å². The number of pyridine rings is 1. The average Bonchev–Trinajstić information content (AvgIpc) is 2.51. The van der Waals surface area contributed by atoms with E-state index in [-0.39, 0.29) is 0 Å². The molecule has 1 aromatic carbocycles. The summed E-state index contributed by atoms with van der Waals surface area (Å²) >= 11 is 12.0. The Labute approximate surface area is 142 Å². The van der Waals surface area contributed by atoms with Crippen molar-refractivity contribution in [2.24, 2.45) is 0 Å². The highest BCUT2D eigenvalue weighted by Crippen LogP contribution is 2.30. The Kier molecular flexibility index (Phi) is 4.45. The zero-order chi connectivity index (χ0) is 16.2. The Bertz CT molecular complexity index is 805. The number of hydrogen-bond acceptors (Lipinski definition) is 6. The van der Waals surface area contributed by atoms with Gasteiger partial charge in [-0.2, -0.15) is 0 Å². The van der Waals surface area contributed by atoms with Crippen molar-refractivity contribution < 1.29 is 0 Å². The van der Waals surface area contributed by atoms with E-state index in [1.165, 1.54) is 6.33 Å². The second kappa shape index (κ2) is 6.68. The molecule has 0 aliphatic rings. The number of rotatable bonds is 4. The molecule has 6 nitrogen and oxygen atoms in total.